The third-order valence-corrected chi connectivity index (χ3v) is 5.62. The van der Waals surface area contributed by atoms with Crippen LogP contribution in [0.3, 0.4) is 0 Å². The van der Waals surface area contributed by atoms with Crippen molar-refractivity contribution in [2.45, 2.75) is 33.8 Å². The molecule has 19 heavy (non-hydrogen) atoms. The van der Waals surface area contributed by atoms with Gasteiger partial charge in [0.15, 0.2) is 0 Å². The molecule has 2 rings (SSSR count). The van der Waals surface area contributed by atoms with Gasteiger partial charge in [-0.15, -0.1) is 0 Å². The fourth-order valence-corrected chi connectivity index (χ4v) is 3.38. The molecule has 0 spiro atoms. The van der Waals surface area contributed by atoms with Gasteiger partial charge in [-0.05, 0) is 23.3 Å². The van der Waals surface area contributed by atoms with Crippen molar-refractivity contribution in [1.29, 1.82) is 0 Å². The zero-order chi connectivity index (χ0) is 14.1. The Morgan fingerprint density at radius 2 is 1.79 bits per heavy atom. The van der Waals surface area contributed by atoms with Crippen LogP contribution in [0.2, 0.25) is 0 Å². The van der Waals surface area contributed by atoms with E-state index in [9.17, 15) is 5.11 Å². The Bertz CT molecular complexity index is 285. The second-order valence-electron chi connectivity index (χ2n) is 7.22. The van der Waals surface area contributed by atoms with Crippen molar-refractivity contribution in [3.63, 3.8) is 0 Å². The lowest BCUT2D eigenvalue weighted by Gasteiger charge is -2.28. The molecule has 4 heteroatoms. The zero-order valence-corrected chi connectivity index (χ0v) is 12.9. The maximum atomic E-state index is 10.0. The number of aliphatic hydroxyl groups is 1. The Kier molecular flexibility index (Phi) is 4.56. The fourth-order valence-electron chi connectivity index (χ4n) is 3.38. The molecule has 0 amide bonds. The van der Waals surface area contributed by atoms with Crippen molar-refractivity contribution >= 4 is 0 Å². The van der Waals surface area contributed by atoms with E-state index in [1.165, 1.54) is 0 Å². The van der Waals surface area contributed by atoms with Gasteiger partial charge in [0.05, 0.1) is 19.3 Å². The molecule has 1 aliphatic heterocycles. The first-order valence-electron chi connectivity index (χ1n) is 7.54. The zero-order valence-electron chi connectivity index (χ0n) is 12.9. The lowest BCUT2D eigenvalue weighted by Crippen LogP contribution is -2.44. The predicted octanol–water partition coefficient (Wildman–Crippen LogP) is 0.951. The summed E-state index contributed by atoms with van der Waals surface area (Å²) in [5.41, 5.74) is 0.852. The first kappa shape index (κ1) is 15.2. The molecule has 1 saturated carbocycles. The first-order chi connectivity index (χ1) is 8.85. The molecule has 0 aromatic carbocycles. The maximum absolute atomic E-state index is 10.0. The molecule has 0 radical (unpaired) electrons. The molecular weight excluding hydrogens is 240 g/mol. The highest BCUT2D eigenvalue weighted by Gasteiger charge is 2.63. The van der Waals surface area contributed by atoms with E-state index in [1.54, 1.807) is 0 Å². The number of hydrogen-bond acceptors (Lipinski definition) is 4. The molecule has 112 valence electrons. The van der Waals surface area contributed by atoms with Gasteiger partial charge in [0, 0.05) is 26.2 Å². The molecule has 1 atom stereocenters. The third-order valence-electron chi connectivity index (χ3n) is 5.62. The van der Waals surface area contributed by atoms with E-state index in [4.69, 9.17) is 4.74 Å². The minimum Gasteiger partial charge on any atom is -0.390 e. The summed E-state index contributed by atoms with van der Waals surface area (Å²) in [6.07, 6.45) is -0.275. The lowest BCUT2D eigenvalue weighted by atomic mass is 10.0. The van der Waals surface area contributed by atoms with E-state index < -0.39 is 0 Å². The van der Waals surface area contributed by atoms with Crippen LogP contribution in [0.4, 0.5) is 0 Å². The number of nitrogens with zero attached hydrogens (tertiary/aromatic N) is 1. The van der Waals surface area contributed by atoms with Gasteiger partial charge in [-0.2, -0.15) is 0 Å². The average Bonchev–Trinajstić information content (AvgIpc) is 2.72. The summed E-state index contributed by atoms with van der Waals surface area (Å²) in [6.45, 7) is 15.3. The molecule has 0 aromatic heterocycles. The van der Waals surface area contributed by atoms with Crippen molar-refractivity contribution in [2.24, 2.45) is 16.7 Å². The minimum atomic E-state index is -0.275. The monoisotopic (exact) mass is 270 g/mol. The Hall–Kier alpha value is -0.160. The second-order valence-corrected chi connectivity index (χ2v) is 7.22. The van der Waals surface area contributed by atoms with Crippen LogP contribution in [0.1, 0.15) is 27.7 Å². The number of morpholine rings is 1. The smallest absolute Gasteiger partial charge is 0.0791 e. The number of aliphatic hydroxyl groups excluding tert-OH is 1. The average molecular weight is 270 g/mol. The highest BCUT2D eigenvalue weighted by molar-refractivity contribution is 5.12. The Balaban J connectivity index is 1.61. The van der Waals surface area contributed by atoms with Crippen molar-refractivity contribution in [3.8, 4) is 0 Å². The maximum Gasteiger partial charge on any atom is 0.0791 e. The summed E-state index contributed by atoms with van der Waals surface area (Å²) in [6, 6.07) is 0. The normalized spacial score (nSPS) is 28.3. The molecule has 2 aliphatic rings. The van der Waals surface area contributed by atoms with Gasteiger partial charge >= 0.3 is 0 Å². The van der Waals surface area contributed by atoms with Crippen molar-refractivity contribution in [2.75, 3.05) is 45.9 Å². The summed E-state index contributed by atoms with van der Waals surface area (Å²) in [7, 11) is 0. The largest absolute Gasteiger partial charge is 0.390 e. The van der Waals surface area contributed by atoms with Crippen LogP contribution in [0.5, 0.6) is 0 Å². The fraction of sp³-hybridized carbons (Fsp3) is 1.00. The van der Waals surface area contributed by atoms with E-state index in [0.29, 0.717) is 17.4 Å². The van der Waals surface area contributed by atoms with E-state index in [0.717, 1.165) is 45.3 Å². The Labute approximate surface area is 117 Å². The Morgan fingerprint density at radius 1 is 1.21 bits per heavy atom. The standard InChI is InChI=1S/C15H30N2O2/c1-14(2)13(15(14,3)4)10-16-9-12(18)11-17-5-7-19-8-6-17/h12-13,16,18H,5-11H2,1-4H3. The Morgan fingerprint density at radius 3 is 2.32 bits per heavy atom. The van der Waals surface area contributed by atoms with Crippen LogP contribution in [0.25, 0.3) is 0 Å². The number of β-amino-alcohol motifs (C(OH)–C–C–N with tert-alkyl or cyclic N) is 1. The number of rotatable bonds is 6. The van der Waals surface area contributed by atoms with Crippen molar-refractivity contribution in [1.82, 2.24) is 10.2 Å². The predicted molar refractivity (Wildman–Crippen MR) is 77.2 cm³/mol. The number of hydrogen-bond donors (Lipinski definition) is 2. The van der Waals surface area contributed by atoms with Gasteiger partial charge in [0.1, 0.15) is 0 Å². The van der Waals surface area contributed by atoms with E-state index >= 15 is 0 Å². The molecule has 0 bridgehead atoms. The molecule has 2 N–H and O–H groups in total. The van der Waals surface area contributed by atoms with E-state index in [1.807, 2.05) is 0 Å². The van der Waals surface area contributed by atoms with Crippen molar-refractivity contribution < 1.29 is 9.84 Å². The van der Waals surface area contributed by atoms with Crippen molar-refractivity contribution in [3.05, 3.63) is 0 Å². The molecule has 1 aliphatic carbocycles. The molecule has 1 saturated heterocycles. The van der Waals surface area contributed by atoms with E-state index in [2.05, 4.69) is 37.9 Å². The van der Waals surface area contributed by atoms with Crippen LogP contribution in [-0.4, -0.2) is 62.0 Å². The number of nitrogens with one attached hydrogen (secondary N) is 1. The molecule has 0 aromatic rings. The summed E-state index contributed by atoms with van der Waals surface area (Å²) >= 11 is 0. The SMILES string of the molecule is CC1(C)C(CNCC(O)CN2CCOCC2)C1(C)C. The van der Waals surface area contributed by atoms with Crippen LogP contribution in [-0.2, 0) is 4.74 Å². The molecule has 2 fully saturated rings. The van der Waals surface area contributed by atoms with E-state index in [-0.39, 0.29) is 6.10 Å². The molecular formula is C15H30N2O2. The summed E-state index contributed by atoms with van der Waals surface area (Å²) < 4.78 is 5.31. The third kappa shape index (κ3) is 3.30. The quantitative estimate of drug-likeness (QED) is 0.754. The first-order valence-corrected chi connectivity index (χ1v) is 7.54. The van der Waals surface area contributed by atoms with Gasteiger partial charge in [-0.3, -0.25) is 4.90 Å². The van der Waals surface area contributed by atoms with Crippen LogP contribution in [0.15, 0.2) is 0 Å². The number of ether oxygens (including phenoxy) is 1. The topological polar surface area (TPSA) is 44.7 Å². The summed E-state index contributed by atoms with van der Waals surface area (Å²) in [4.78, 5) is 2.28. The second kappa shape index (κ2) is 5.68. The van der Waals surface area contributed by atoms with Gasteiger partial charge in [0.2, 0.25) is 0 Å². The highest BCUT2D eigenvalue weighted by Crippen LogP contribution is 2.67. The van der Waals surface area contributed by atoms with Gasteiger partial charge in [-0.25, -0.2) is 0 Å². The van der Waals surface area contributed by atoms with Crippen LogP contribution >= 0.6 is 0 Å². The van der Waals surface area contributed by atoms with Crippen LogP contribution in [0, 0.1) is 16.7 Å². The van der Waals surface area contributed by atoms with Gasteiger partial charge in [-0.1, -0.05) is 27.7 Å². The van der Waals surface area contributed by atoms with Crippen LogP contribution < -0.4 is 5.32 Å². The summed E-state index contributed by atoms with van der Waals surface area (Å²) in [5.74, 6) is 0.718. The lowest BCUT2D eigenvalue weighted by molar-refractivity contribution is 0.0149. The highest BCUT2D eigenvalue weighted by atomic mass is 16.5. The minimum absolute atomic E-state index is 0.275. The molecule has 1 unspecified atom stereocenters. The summed E-state index contributed by atoms with van der Waals surface area (Å²) in [5, 5.41) is 13.5. The molecule has 4 nitrogen and oxygen atoms in total. The van der Waals surface area contributed by atoms with Gasteiger partial charge < -0.3 is 15.2 Å². The van der Waals surface area contributed by atoms with Gasteiger partial charge in [0.25, 0.3) is 0 Å². The molecule has 1 heterocycles.